The minimum atomic E-state index is -0.412. The van der Waals surface area contributed by atoms with E-state index in [2.05, 4.69) is 10.3 Å². The molecule has 0 radical (unpaired) electrons. The molecular weight excluding hydrogens is 337 g/mol. The molecule has 4 nitrogen and oxygen atoms in total. The Bertz CT molecular complexity index is 910. The van der Waals surface area contributed by atoms with Crippen molar-refractivity contribution in [2.45, 2.75) is 19.3 Å². The number of amides is 1. The Kier molecular flexibility index (Phi) is 4.28. The molecule has 2 heterocycles. The summed E-state index contributed by atoms with van der Waals surface area (Å²) in [6, 6.07) is 10.1. The SMILES string of the molecule is O=C(Nc1ccccc1F)C1CCc2nc(-c3ccncc3)sc2C1. The first-order valence-corrected chi connectivity index (χ1v) is 8.97. The molecule has 1 aliphatic rings. The highest BCUT2D eigenvalue weighted by Gasteiger charge is 2.28. The van der Waals surface area contributed by atoms with Crippen molar-refractivity contribution in [3.63, 3.8) is 0 Å². The van der Waals surface area contributed by atoms with Crippen molar-refractivity contribution in [3.8, 4) is 10.6 Å². The molecule has 0 saturated heterocycles. The number of carbonyl (C=O) groups excluding carboxylic acids is 1. The standard InChI is InChI=1S/C19H16FN3OS/c20-14-3-1-2-4-15(14)22-18(24)13-5-6-16-17(11-13)25-19(23-16)12-7-9-21-10-8-12/h1-4,7-10,13H,5-6,11H2,(H,22,24). The van der Waals surface area contributed by atoms with E-state index in [1.807, 2.05) is 12.1 Å². The Morgan fingerprint density at radius 3 is 2.80 bits per heavy atom. The number of fused-ring (bicyclic) bond motifs is 1. The summed E-state index contributed by atoms with van der Waals surface area (Å²) in [7, 11) is 0. The first-order valence-electron chi connectivity index (χ1n) is 8.15. The Labute approximate surface area is 148 Å². The van der Waals surface area contributed by atoms with Crippen LogP contribution in [0.3, 0.4) is 0 Å². The Hall–Kier alpha value is -2.60. The first-order chi connectivity index (χ1) is 12.2. The van der Waals surface area contributed by atoms with Crippen molar-refractivity contribution in [2.75, 3.05) is 5.32 Å². The third-order valence-corrected chi connectivity index (χ3v) is 5.54. The predicted octanol–water partition coefficient (Wildman–Crippen LogP) is 4.09. The largest absolute Gasteiger partial charge is 0.323 e. The van der Waals surface area contributed by atoms with Crippen molar-refractivity contribution in [1.82, 2.24) is 9.97 Å². The molecule has 126 valence electrons. The Morgan fingerprint density at radius 2 is 2.00 bits per heavy atom. The number of thiazole rings is 1. The molecule has 1 N–H and O–H groups in total. The molecule has 1 amide bonds. The van der Waals surface area contributed by atoms with Gasteiger partial charge in [0.15, 0.2) is 0 Å². The number of nitrogens with zero attached hydrogens (tertiary/aromatic N) is 2. The monoisotopic (exact) mass is 353 g/mol. The van der Waals surface area contributed by atoms with E-state index in [4.69, 9.17) is 4.98 Å². The number of hydrogen-bond donors (Lipinski definition) is 1. The van der Waals surface area contributed by atoms with Gasteiger partial charge in [-0.15, -0.1) is 11.3 Å². The van der Waals surface area contributed by atoms with Gasteiger partial charge >= 0.3 is 0 Å². The highest BCUT2D eigenvalue weighted by atomic mass is 32.1. The predicted molar refractivity (Wildman–Crippen MR) is 95.9 cm³/mol. The minimum Gasteiger partial charge on any atom is -0.323 e. The van der Waals surface area contributed by atoms with E-state index in [1.165, 1.54) is 6.07 Å². The van der Waals surface area contributed by atoms with Crippen molar-refractivity contribution < 1.29 is 9.18 Å². The number of benzene rings is 1. The summed E-state index contributed by atoms with van der Waals surface area (Å²) in [6.07, 6.45) is 5.65. The lowest BCUT2D eigenvalue weighted by atomic mass is 9.90. The maximum atomic E-state index is 13.7. The average molecular weight is 353 g/mol. The van der Waals surface area contributed by atoms with Gasteiger partial charge in [-0.05, 0) is 43.5 Å². The molecule has 4 rings (SSSR count). The van der Waals surface area contributed by atoms with Crippen LogP contribution in [0.5, 0.6) is 0 Å². The number of rotatable bonds is 3. The van der Waals surface area contributed by atoms with E-state index in [9.17, 15) is 9.18 Å². The topological polar surface area (TPSA) is 54.9 Å². The smallest absolute Gasteiger partial charge is 0.227 e. The lowest BCUT2D eigenvalue weighted by Crippen LogP contribution is -2.28. The lowest BCUT2D eigenvalue weighted by Gasteiger charge is -2.20. The lowest BCUT2D eigenvalue weighted by molar-refractivity contribution is -0.120. The second-order valence-electron chi connectivity index (χ2n) is 6.03. The average Bonchev–Trinajstić information content (AvgIpc) is 3.07. The molecule has 1 unspecified atom stereocenters. The van der Waals surface area contributed by atoms with Crippen LogP contribution in [0.25, 0.3) is 10.6 Å². The van der Waals surface area contributed by atoms with Gasteiger partial charge in [-0.1, -0.05) is 12.1 Å². The molecule has 25 heavy (non-hydrogen) atoms. The second kappa shape index (κ2) is 6.72. The van der Waals surface area contributed by atoms with Gasteiger partial charge in [-0.3, -0.25) is 9.78 Å². The van der Waals surface area contributed by atoms with Crippen LogP contribution >= 0.6 is 11.3 Å². The van der Waals surface area contributed by atoms with Crippen molar-refractivity contribution in [2.24, 2.45) is 5.92 Å². The van der Waals surface area contributed by atoms with Crippen LogP contribution in [0.4, 0.5) is 10.1 Å². The summed E-state index contributed by atoms with van der Waals surface area (Å²) in [4.78, 5) is 22.4. The van der Waals surface area contributed by atoms with Crippen LogP contribution in [0.15, 0.2) is 48.8 Å². The van der Waals surface area contributed by atoms with E-state index in [1.54, 1.807) is 41.9 Å². The highest BCUT2D eigenvalue weighted by Crippen LogP contribution is 2.34. The van der Waals surface area contributed by atoms with Crippen LogP contribution in [0, 0.1) is 11.7 Å². The van der Waals surface area contributed by atoms with Crippen LogP contribution in [-0.4, -0.2) is 15.9 Å². The van der Waals surface area contributed by atoms with Gasteiger partial charge in [0, 0.05) is 28.8 Å². The van der Waals surface area contributed by atoms with Crippen LogP contribution in [-0.2, 0) is 17.6 Å². The van der Waals surface area contributed by atoms with E-state index in [0.717, 1.165) is 34.0 Å². The number of halogens is 1. The minimum absolute atomic E-state index is 0.130. The molecule has 0 fully saturated rings. The number of pyridine rings is 1. The Balaban J connectivity index is 1.50. The van der Waals surface area contributed by atoms with Crippen molar-refractivity contribution in [1.29, 1.82) is 0 Å². The number of anilines is 1. The summed E-state index contributed by atoms with van der Waals surface area (Å²) in [5.74, 6) is -0.697. The van der Waals surface area contributed by atoms with Crippen molar-refractivity contribution >= 4 is 22.9 Å². The highest BCUT2D eigenvalue weighted by molar-refractivity contribution is 7.15. The molecule has 2 aromatic heterocycles. The maximum absolute atomic E-state index is 13.7. The number of carbonyl (C=O) groups is 1. The zero-order valence-corrected chi connectivity index (χ0v) is 14.2. The molecule has 1 atom stereocenters. The summed E-state index contributed by atoms with van der Waals surface area (Å²) >= 11 is 1.63. The molecule has 0 aliphatic heterocycles. The number of aryl methyl sites for hydroxylation is 1. The van der Waals surface area contributed by atoms with Crippen LogP contribution in [0.2, 0.25) is 0 Å². The zero-order valence-electron chi connectivity index (χ0n) is 13.4. The van der Waals surface area contributed by atoms with Crippen LogP contribution in [0.1, 0.15) is 17.0 Å². The van der Waals surface area contributed by atoms with Crippen LogP contribution < -0.4 is 5.32 Å². The molecule has 0 saturated carbocycles. The molecule has 0 spiro atoms. The van der Waals surface area contributed by atoms with Gasteiger partial charge in [-0.2, -0.15) is 0 Å². The van der Waals surface area contributed by atoms with E-state index in [0.29, 0.717) is 6.42 Å². The molecule has 3 aromatic rings. The molecule has 1 aromatic carbocycles. The zero-order chi connectivity index (χ0) is 17.2. The molecule has 0 bridgehead atoms. The molecule has 1 aliphatic carbocycles. The third-order valence-electron chi connectivity index (χ3n) is 4.37. The van der Waals surface area contributed by atoms with Gasteiger partial charge < -0.3 is 5.32 Å². The molecule has 6 heteroatoms. The van der Waals surface area contributed by atoms with Gasteiger partial charge in [0.1, 0.15) is 10.8 Å². The van der Waals surface area contributed by atoms with E-state index in [-0.39, 0.29) is 17.5 Å². The van der Waals surface area contributed by atoms with E-state index < -0.39 is 5.82 Å². The second-order valence-corrected chi connectivity index (χ2v) is 7.12. The van der Waals surface area contributed by atoms with Gasteiger partial charge in [0.25, 0.3) is 0 Å². The Morgan fingerprint density at radius 1 is 1.20 bits per heavy atom. The number of hydrogen-bond acceptors (Lipinski definition) is 4. The first kappa shape index (κ1) is 15.9. The quantitative estimate of drug-likeness (QED) is 0.772. The van der Waals surface area contributed by atoms with Gasteiger partial charge in [0.2, 0.25) is 5.91 Å². The summed E-state index contributed by atoms with van der Waals surface area (Å²) < 4.78 is 13.7. The fraction of sp³-hybridized carbons (Fsp3) is 0.211. The number of nitrogens with one attached hydrogen (secondary N) is 1. The third kappa shape index (κ3) is 3.30. The van der Waals surface area contributed by atoms with Crippen molar-refractivity contribution in [3.05, 3.63) is 65.2 Å². The maximum Gasteiger partial charge on any atom is 0.227 e. The number of aromatic nitrogens is 2. The van der Waals surface area contributed by atoms with E-state index >= 15 is 0 Å². The molecular formula is C19H16FN3OS. The summed E-state index contributed by atoms with van der Waals surface area (Å²) in [5, 5.41) is 3.67. The summed E-state index contributed by atoms with van der Waals surface area (Å²) in [6.45, 7) is 0. The fourth-order valence-electron chi connectivity index (χ4n) is 3.01. The van der Waals surface area contributed by atoms with Gasteiger partial charge in [-0.25, -0.2) is 9.37 Å². The number of para-hydroxylation sites is 1. The summed E-state index contributed by atoms with van der Waals surface area (Å²) in [5.41, 5.74) is 2.36. The normalized spacial score (nSPS) is 16.3. The fourth-order valence-corrected chi connectivity index (χ4v) is 4.21. The van der Waals surface area contributed by atoms with Gasteiger partial charge in [0.05, 0.1) is 11.4 Å².